The Morgan fingerprint density at radius 2 is 2.45 bits per heavy atom. The zero-order valence-electron chi connectivity index (χ0n) is 6.41. The van der Waals surface area contributed by atoms with Crippen molar-refractivity contribution < 1.29 is 4.79 Å². The van der Waals surface area contributed by atoms with Crippen LogP contribution in [0.15, 0.2) is 12.4 Å². The van der Waals surface area contributed by atoms with E-state index < -0.39 is 0 Å². The Kier molecular flexibility index (Phi) is 2.64. The molecule has 3 nitrogen and oxygen atoms in total. The van der Waals surface area contributed by atoms with Gasteiger partial charge in [0.25, 0.3) is 0 Å². The SMILES string of the molecule is CC(=O)C(C)n1cc(I)cn1. The van der Waals surface area contributed by atoms with E-state index in [1.54, 1.807) is 17.8 Å². The second kappa shape index (κ2) is 3.34. The van der Waals surface area contributed by atoms with E-state index in [2.05, 4.69) is 27.7 Å². The number of hydrogen-bond acceptors (Lipinski definition) is 2. The molecule has 1 rings (SSSR count). The summed E-state index contributed by atoms with van der Waals surface area (Å²) < 4.78 is 2.72. The number of aromatic nitrogens is 2. The van der Waals surface area contributed by atoms with E-state index in [4.69, 9.17) is 0 Å². The standard InChI is InChI=1S/C7H9IN2O/c1-5(6(2)11)10-4-7(8)3-9-10/h3-5H,1-2H3. The van der Waals surface area contributed by atoms with Crippen LogP contribution in [0.1, 0.15) is 19.9 Å². The maximum atomic E-state index is 10.9. The van der Waals surface area contributed by atoms with Gasteiger partial charge in [0.2, 0.25) is 0 Å². The largest absolute Gasteiger partial charge is 0.298 e. The molecule has 1 aromatic heterocycles. The molecular formula is C7H9IN2O. The molecule has 0 saturated carbocycles. The summed E-state index contributed by atoms with van der Waals surface area (Å²) in [5, 5.41) is 4.03. The van der Waals surface area contributed by atoms with Crippen LogP contribution >= 0.6 is 22.6 Å². The second-order valence-electron chi connectivity index (χ2n) is 2.43. The number of Topliss-reactive ketones (excluding diaryl/α,β-unsaturated/α-hetero) is 1. The molecule has 0 spiro atoms. The lowest BCUT2D eigenvalue weighted by molar-refractivity contribution is -0.119. The summed E-state index contributed by atoms with van der Waals surface area (Å²) in [7, 11) is 0. The van der Waals surface area contributed by atoms with Gasteiger partial charge in [-0.25, -0.2) is 0 Å². The smallest absolute Gasteiger partial charge is 0.154 e. The zero-order valence-corrected chi connectivity index (χ0v) is 8.57. The van der Waals surface area contributed by atoms with E-state index in [0.29, 0.717) is 0 Å². The van der Waals surface area contributed by atoms with Gasteiger partial charge in [0.05, 0.1) is 9.77 Å². The highest BCUT2D eigenvalue weighted by atomic mass is 127. The molecule has 11 heavy (non-hydrogen) atoms. The summed E-state index contributed by atoms with van der Waals surface area (Å²) in [6.45, 7) is 3.41. The van der Waals surface area contributed by atoms with E-state index in [0.717, 1.165) is 3.57 Å². The summed E-state index contributed by atoms with van der Waals surface area (Å²) in [6.07, 6.45) is 3.59. The van der Waals surface area contributed by atoms with Crippen LogP contribution in [0.2, 0.25) is 0 Å². The number of carbonyl (C=O) groups excluding carboxylic acids is 1. The van der Waals surface area contributed by atoms with Crippen LogP contribution in [0.5, 0.6) is 0 Å². The molecule has 60 valence electrons. The summed E-state index contributed by atoms with van der Waals surface area (Å²) in [6, 6.07) is -0.140. The minimum Gasteiger partial charge on any atom is -0.298 e. The third kappa shape index (κ3) is 2.02. The molecule has 0 aliphatic rings. The highest BCUT2D eigenvalue weighted by Gasteiger charge is 2.09. The monoisotopic (exact) mass is 264 g/mol. The van der Waals surface area contributed by atoms with Gasteiger partial charge in [-0.3, -0.25) is 9.48 Å². The first-order chi connectivity index (χ1) is 5.11. The van der Waals surface area contributed by atoms with Crippen molar-refractivity contribution in [3.8, 4) is 0 Å². The Bertz CT molecular complexity index is 269. The molecule has 1 aromatic rings. The van der Waals surface area contributed by atoms with Crippen LogP contribution in [0.25, 0.3) is 0 Å². The first-order valence-electron chi connectivity index (χ1n) is 3.31. The van der Waals surface area contributed by atoms with Gasteiger partial charge in [0.15, 0.2) is 5.78 Å². The molecular weight excluding hydrogens is 255 g/mol. The van der Waals surface area contributed by atoms with Crippen LogP contribution in [-0.2, 0) is 4.79 Å². The lowest BCUT2D eigenvalue weighted by Gasteiger charge is -2.06. The van der Waals surface area contributed by atoms with Gasteiger partial charge >= 0.3 is 0 Å². The summed E-state index contributed by atoms with van der Waals surface area (Å²) in [4.78, 5) is 10.9. The Balaban J connectivity index is 2.84. The number of hydrogen-bond donors (Lipinski definition) is 0. The maximum Gasteiger partial charge on any atom is 0.154 e. The molecule has 0 fully saturated rings. The van der Waals surface area contributed by atoms with Crippen LogP contribution in [0, 0.1) is 3.57 Å². The highest BCUT2D eigenvalue weighted by Crippen LogP contribution is 2.08. The van der Waals surface area contributed by atoms with Gasteiger partial charge in [-0.05, 0) is 36.4 Å². The fourth-order valence-corrected chi connectivity index (χ4v) is 1.12. The fourth-order valence-electron chi connectivity index (χ4n) is 0.713. The van der Waals surface area contributed by atoms with Gasteiger partial charge in [0.1, 0.15) is 6.04 Å². The van der Waals surface area contributed by atoms with E-state index in [-0.39, 0.29) is 11.8 Å². The van der Waals surface area contributed by atoms with E-state index >= 15 is 0 Å². The lowest BCUT2D eigenvalue weighted by atomic mass is 10.2. The molecule has 4 heteroatoms. The predicted octanol–water partition coefficient (Wildman–Crippen LogP) is 1.64. The molecule has 1 atom stereocenters. The lowest BCUT2D eigenvalue weighted by Crippen LogP contribution is -2.13. The van der Waals surface area contributed by atoms with Gasteiger partial charge in [-0.15, -0.1) is 0 Å². The van der Waals surface area contributed by atoms with Gasteiger partial charge < -0.3 is 0 Å². The summed E-state index contributed by atoms with van der Waals surface area (Å²) in [5.74, 6) is 0.129. The fraction of sp³-hybridized carbons (Fsp3) is 0.429. The Hall–Kier alpha value is -0.390. The molecule has 0 aliphatic heterocycles. The van der Waals surface area contributed by atoms with Crippen molar-refractivity contribution in [1.82, 2.24) is 9.78 Å². The first kappa shape index (κ1) is 8.70. The van der Waals surface area contributed by atoms with Crippen LogP contribution in [0.4, 0.5) is 0 Å². The van der Waals surface area contributed by atoms with Crippen LogP contribution in [-0.4, -0.2) is 15.6 Å². The average molecular weight is 264 g/mol. The molecule has 0 saturated heterocycles. The number of rotatable bonds is 2. The third-order valence-electron chi connectivity index (χ3n) is 1.56. The molecule has 1 unspecified atom stereocenters. The number of halogens is 1. The van der Waals surface area contributed by atoms with Crippen molar-refractivity contribution >= 4 is 28.4 Å². The van der Waals surface area contributed by atoms with Crippen molar-refractivity contribution in [2.45, 2.75) is 19.9 Å². The number of carbonyl (C=O) groups is 1. The third-order valence-corrected chi connectivity index (χ3v) is 2.11. The molecule has 1 heterocycles. The molecule has 0 bridgehead atoms. The molecule has 0 aliphatic carbocycles. The topological polar surface area (TPSA) is 34.9 Å². The van der Waals surface area contributed by atoms with Crippen molar-refractivity contribution in [2.24, 2.45) is 0 Å². The number of ketones is 1. The Morgan fingerprint density at radius 1 is 1.82 bits per heavy atom. The van der Waals surface area contributed by atoms with Gasteiger partial charge in [-0.2, -0.15) is 5.10 Å². The maximum absolute atomic E-state index is 10.9. The van der Waals surface area contributed by atoms with Crippen molar-refractivity contribution in [1.29, 1.82) is 0 Å². The molecule has 0 aromatic carbocycles. The van der Waals surface area contributed by atoms with Crippen molar-refractivity contribution in [3.05, 3.63) is 16.0 Å². The Morgan fingerprint density at radius 3 is 2.82 bits per heavy atom. The average Bonchev–Trinajstić information content (AvgIpc) is 2.34. The predicted molar refractivity (Wildman–Crippen MR) is 50.3 cm³/mol. The quantitative estimate of drug-likeness (QED) is 0.761. The number of nitrogens with zero attached hydrogens (tertiary/aromatic N) is 2. The van der Waals surface area contributed by atoms with E-state index in [9.17, 15) is 4.79 Å². The van der Waals surface area contributed by atoms with Crippen LogP contribution < -0.4 is 0 Å². The van der Waals surface area contributed by atoms with Crippen molar-refractivity contribution in [2.75, 3.05) is 0 Å². The minimum absolute atomic E-state index is 0.129. The highest BCUT2D eigenvalue weighted by molar-refractivity contribution is 14.1. The normalized spacial score (nSPS) is 13.0. The minimum atomic E-state index is -0.140. The molecule has 0 amide bonds. The second-order valence-corrected chi connectivity index (χ2v) is 3.67. The zero-order chi connectivity index (χ0) is 8.43. The summed E-state index contributed by atoms with van der Waals surface area (Å²) >= 11 is 2.16. The van der Waals surface area contributed by atoms with Crippen LogP contribution in [0.3, 0.4) is 0 Å². The van der Waals surface area contributed by atoms with Gasteiger partial charge in [-0.1, -0.05) is 0 Å². The van der Waals surface area contributed by atoms with Gasteiger partial charge in [0, 0.05) is 6.20 Å². The molecule has 0 radical (unpaired) electrons. The van der Waals surface area contributed by atoms with E-state index in [1.807, 2.05) is 13.1 Å². The van der Waals surface area contributed by atoms with Crippen molar-refractivity contribution in [3.63, 3.8) is 0 Å². The summed E-state index contributed by atoms with van der Waals surface area (Å²) in [5.41, 5.74) is 0. The first-order valence-corrected chi connectivity index (χ1v) is 4.39. The Labute approximate surface area is 78.9 Å². The van der Waals surface area contributed by atoms with E-state index in [1.165, 1.54) is 0 Å². The molecule has 0 N–H and O–H groups in total.